The third-order valence-electron chi connectivity index (χ3n) is 3.11. The fourth-order valence-corrected chi connectivity index (χ4v) is 1.83. The summed E-state index contributed by atoms with van der Waals surface area (Å²) in [6.07, 6.45) is -2.33. The average Bonchev–Trinajstić information content (AvgIpc) is 2.96. The second-order valence-corrected chi connectivity index (χ2v) is 5.17. The molecule has 0 amide bonds. The largest absolute Gasteiger partial charge is 0.401 e. The Hall–Kier alpha value is -0.250. The Labute approximate surface area is 135 Å². The highest BCUT2D eigenvalue weighted by molar-refractivity contribution is 14.0. The van der Waals surface area contributed by atoms with Crippen LogP contribution in [0.1, 0.15) is 19.8 Å². The zero-order chi connectivity index (χ0) is 14.5. The number of hydrogen-bond acceptors (Lipinski definition) is 2. The van der Waals surface area contributed by atoms with Crippen molar-refractivity contribution >= 4 is 29.9 Å². The predicted octanol–water partition coefficient (Wildman–Crippen LogP) is 2.06. The van der Waals surface area contributed by atoms with Gasteiger partial charge in [-0.15, -0.1) is 24.0 Å². The molecule has 2 unspecified atom stereocenters. The van der Waals surface area contributed by atoms with Crippen LogP contribution in [0, 0.1) is 5.92 Å². The van der Waals surface area contributed by atoms with Crippen LogP contribution in [0.25, 0.3) is 0 Å². The molecular formula is C12H24F3IN4. The van der Waals surface area contributed by atoms with E-state index in [0.717, 1.165) is 12.4 Å². The van der Waals surface area contributed by atoms with Crippen LogP contribution in [0.3, 0.4) is 0 Å². The van der Waals surface area contributed by atoms with Crippen LogP contribution in [-0.2, 0) is 0 Å². The number of halogens is 4. The van der Waals surface area contributed by atoms with Crippen molar-refractivity contribution in [2.45, 2.75) is 32.0 Å². The molecule has 0 aromatic carbocycles. The molecule has 1 aliphatic rings. The lowest BCUT2D eigenvalue weighted by Crippen LogP contribution is -2.40. The zero-order valence-electron chi connectivity index (χ0n) is 12.1. The number of guanidine groups is 1. The molecule has 1 rings (SSSR count). The number of nitrogens with zero attached hydrogens (tertiary/aromatic N) is 2. The number of nitrogens with one attached hydrogen (secondary N) is 2. The molecule has 20 heavy (non-hydrogen) atoms. The van der Waals surface area contributed by atoms with Gasteiger partial charge >= 0.3 is 6.18 Å². The fraction of sp³-hybridized carbons (Fsp3) is 0.917. The van der Waals surface area contributed by atoms with Crippen molar-refractivity contribution in [1.29, 1.82) is 0 Å². The number of alkyl halides is 3. The molecule has 120 valence electrons. The number of rotatable bonds is 6. The summed E-state index contributed by atoms with van der Waals surface area (Å²) < 4.78 is 36.3. The first-order chi connectivity index (χ1) is 8.81. The molecule has 2 atom stereocenters. The minimum absolute atomic E-state index is 0. The van der Waals surface area contributed by atoms with Gasteiger partial charge in [0.15, 0.2) is 5.96 Å². The summed E-state index contributed by atoms with van der Waals surface area (Å²) in [5.74, 6) is 1.41. The van der Waals surface area contributed by atoms with Crippen molar-refractivity contribution in [1.82, 2.24) is 15.5 Å². The molecular weight excluding hydrogens is 384 g/mol. The van der Waals surface area contributed by atoms with E-state index < -0.39 is 12.7 Å². The first kappa shape index (κ1) is 19.8. The standard InChI is InChI=1S/C12H23F3N4.HI/c1-9-7-10(9)18-11(16-2)17-5-4-6-19(3)8-12(13,14)15;/h9-10H,4-8H2,1-3H3,(H2,16,17,18);1H. The molecule has 8 heteroatoms. The van der Waals surface area contributed by atoms with E-state index >= 15 is 0 Å². The van der Waals surface area contributed by atoms with Gasteiger partial charge in [0.25, 0.3) is 0 Å². The first-order valence-electron chi connectivity index (χ1n) is 6.54. The molecule has 0 aliphatic heterocycles. The Morgan fingerprint density at radius 3 is 2.45 bits per heavy atom. The molecule has 0 saturated heterocycles. The highest BCUT2D eigenvalue weighted by Gasteiger charge is 2.33. The van der Waals surface area contributed by atoms with Gasteiger partial charge in [0.2, 0.25) is 0 Å². The van der Waals surface area contributed by atoms with Gasteiger partial charge in [-0.3, -0.25) is 9.89 Å². The Kier molecular flexibility index (Phi) is 8.80. The van der Waals surface area contributed by atoms with E-state index in [1.807, 2.05) is 0 Å². The van der Waals surface area contributed by atoms with E-state index in [4.69, 9.17) is 0 Å². The maximum absolute atomic E-state index is 12.1. The maximum atomic E-state index is 12.1. The van der Waals surface area contributed by atoms with Crippen molar-refractivity contribution in [3.05, 3.63) is 0 Å². The van der Waals surface area contributed by atoms with Crippen molar-refractivity contribution in [2.75, 3.05) is 33.7 Å². The summed E-state index contributed by atoms with van der Waals surface area (Å²) in [5, 5.41) is 6.37. The van der Waals surface area contributed by atoms with E-state index in [1.54, 1.807) is 7.05 Å². The third-order valence-corrected chi connectivity index (χ3v) is 3.11. The predicted molar refractivity (Wildman–Crippen MR) is 85.7 cm³/mol. The van der Waals surface area contributed by atoms with E-state index in [2.05, 4.69) is 22.5 Å². The van der Waals surface area contributed by atoms with Crippen LogP contribution in [0.5, 0.6) is 0 Å². The van der Waals surface area contributed by atoms with Crippen LogP contribution in [0.2, 0.25) is 0 Å². The zero-order valence-corrected chi connectivity index (χ0v) is 14.5. The second kappa shape index (κ2) is 8.91. The first-order valence-corrected chi connectivity index (χ1v) is 6.54. The lowest BCUT2D eigenvalue weighted by atomic mass is 10.4. The minimum atomic E-state index is -4.12. The van der Waals surface area contributed by atoms with Crippen molar-refractivity contribution in [3.8, 4) is 0 Å². The molecule has 0 heterocycles. The molecule has 1 saturated carbocycles. The molecule has 4 nitrogen and oxygen atoms in total. The average molecular weight is 408 g/mol. The Morgan fingerprint density at radius 1 is 1.40 bits per heavy atom. The van der Waals surface area contributed by atoms with Crippen LogP contribution in [-0.4, -0.2) is 56.8 Å². The minimum Gasteiger partial charge on any atom is -0.356 e. The van der Waals surface area contributed by atoms with Gasteiger partial charge in [-0.1, -0.05) is 6.92 Å². The lowest BCUT2D eigenvalue weighted by Gasteiger charge is -2.18. The molecule has 2 N–H and O–H groups in total. The third kappa shape index (κ3) is 8.83. The van der Waals surface area contributed by atoms with Gasteiger partial charge in [0.1, 0.15) is 0 Å². The van der Waals surface area contributed by atoms with E-state index in [9.17, 15) is 13.2 Å². The van der Waals surface area contributed by atoms with E-state index in [0.29, 0.717) is 31.5 Å². The highest BCUT2D eigenvalue weighted by Crippen LogP contribution is 2.28. The molecule has 0 radical (unpaired) electrons. The SMILES string of the molecule is CN=C(NCCCN(C)CC(F)(F)F)NC1CC1C.I. The Bertz CT molecular complexity index is 310. The van der Waals surface area contributed by atoms with Crippen molar-refractivity contribution < 1.29 is 13.2 Å². The number of aliphatic imine (C=N–C) groups is 1. The van der Waals surface area contributed by atoms with Crippen LogP contribution in [0.15, 0.2) is 4.99 Å². The van der Waals surface area contributed by atoms with Crippen LogP contribution in [0.4, 0.5) is 13.2 Å². The molecule has 0 spiro atoms. The van der Waals surface area contributed by atoms with Crippen molar-refractivity contribution in [3.63, 3.8) is 0 Å². The van der Waals surface area contributed by atoms with Gasteiger partial charge in [-0.2, -0.15) is 13.2 Å². The van der Waals surface area contributed by atoms with Crippen molar-refractivity contribution in [2.24, 2.45) is 10.9 Å². The summed E-state index contributed by atoms with van der Waals surface area (Å²) in [6.45, 7) is 2.32. The van der Waals surface area contributed by atoms with E-state index in [1.165, 1.54) is 11.9 Å². The monoisotopic (exact) mass is 408 g/mol. The molecule has 0 aromatic heterocycles. The van der Waals surface area contributed by atoms with Crippen LogP contribution >= 0.6 is 24.0 Å². The van der Waals surface area contributed by atoms with E-state index in [-0.39, 0.29) is 24.0 Å². The molecule has 1 aliphatic carbocycles. The smallest absolute Gasteiger partial charge is 0.356 e. The van der Waals surface area contributed by atoms with Gasteiger partial charge < -0.3 is 10.6 Å². The maximum Gasteiger partial charge on any atom is 0.401 e. The highest BCUT2D eigenvalue weighted by atomic mass is 127. The summed E-state index contributed by atoms with van der Waals surface area (Å²) in [6, 6.07) is 0.485. The molecule has 0 aromatic rings. The topological polar surface area (TPSA) is 39.7 Å². The van der Waals surface area contributed by atoms with Gasteiger partial charge in [-0.05, 0) is 32.4 Å². The quantitative estimate of drug-likeness (QED) is 0.306. The number of hydrogen-bond donors (Lipinski definition) is 2. The lowest BCUT2D eigenvalue weighted by molar-refractivity contribution is -0.143. The van der Waals surface area contributed by atoms with Gasteiger partial charge in [-0.25, -0.2) is 0 Å². The summed E-state index contributed by atoms with van der Waals surface area (Å²) in [4.78, 5) is 5.36. The van der Waals surface area contributed by atoms with Gasteiger partial charge in [0.05, 0.1) is 6.54 Å². The summed E-state index contributed by atoms with van der Waals surface area (Å²) in [7, 11) is 3.17. The van der Waals surface area contributed by atoms with Gasteiger partial charge in [0, 0.05) is 19.6 Å². The summed E-state index contributed by atoms with van der Waals surface area (Å²) in [5.41, 5.74) is 0. The molecule has 0 bridgehead atoms. The Morgan fingerprint density at radius 2 is 2.00 bits per heavy atom. The Balaban J connectivity index is 0.00000361. The normalized spacial score (nSPS) is 22.4. The fourth-order valence-electron chi connectivity index (χ4n) is 1.83. The molecule has 1 fully saturated rings. The summed E-state index contributed by atoms with van der Waals surface area (Å²) >= 11 is 0. The van der Waals surface area contributed by atoms with Crippen LogP contribution < -0.4 is 10.6 Å². The second-order valence-electron chi connectivity index (χ2n) is 5.17.